The average molecular weight is 374 g/mol. The van der Waals surface area contributed by atoms with Crippen molar-refractivity contribution in [1.29, 1.82) is 5.26 Å². The van der Waals surface area contributed by atoms with E-state index < -0.39 is 6.04 Å². The van der Waals surface area contributed by atoms with Crippen molar-refractivity contribution in [1.82, 2.24) is 10.6 Å². The predicted octanol–water partition coefficient (Wildman–Crippen LogP) is 2.98. The van der Waals surface area contributed by atoms with E-state index in [4.69, 9.17) is 11.6 Å². The lowest BCUT2D eigenvalue weighted by Gasteiger charge is -2.32. The highest BCUT2D eigenvalue weighted by molar-refractivity contribution is 6.30. The Balaban J connectivity index is 1.57. The van der Waals surface area contributed by atoms with Crippen LogP contribution < -0.4 is 10.6 Å². The number of benzene rings is 1. The van der Waals surface area contributed by atoms with Crippen molar-refractivity contribution >= 4 is 23.4 Å². The number of carbonyl (C=O) groups excluding carboxylic acids is 2. The van der Waals surface area contributed by atoms with Gasteiger partial charge in [0.15, 0.2) is 0 Å². The van der Waals surface area contributed by atoms with Gasteiger partial charge >= 0.3 is 0 Å². The zero-order chi connectivity index (χ0) is 18.5. The summed E-state index contributed by atoms with van der Waals surface area (Å²) in [5.74, 6) is -0.144. The first-order valence-corrected chi connectivity index (χ1v) is 9.68. The molecule has 0 aliphatic heterocycles. The molecule has 0 aromatic heterocycles. The first-order valence-electron chi connectivity index (χ1n) is 9.30. The Morgan fingerprint density at radius 3 is 2.50 bits per heavy atom. The van der Waals surface area contributed by atoms with E-state index in [2.05, 4.69) is 16.7 Å². The van der Waals surface area contributed by atoms with E-state index in [0.29, 0.717) is 10.9 Å². The fraction of sp³-hybridized carbons (Fsp3) is 0.550. The minimum Gasteiger partial charge on any atom is -0.352 e. The molecule has 5 nitrogen and oxygen atoms in total. The second kappa shape index (κ2) is 8.55. The summed E-state index contributed by atoms with van der Waals surface area (Å²) in [6.45, 7) is 0. The van der Waals surface area contributed by atoms with E-state index in [-0.39, 0.29) is 30.2 Å². The van der Waals surface area contributed by atoms with Crippen molar-refractivity contribution in [3.63, 3.8) is 0 Å². The van der Waals surface area contributed by atoms with Crippen LogP contribution in [0.15, 0.2) is 24.3 Å². The van der Waals surface area contributed by atoms with Crippen LogP contribution in [0.2, 0.25) is 5.02 Å². The Kier molecular flexibility index (Phi) is 6.16. The summed E-state index contributed by atoms with van der Waals surface area (Å²) < 4.78 is 0. The van der Waals surface area contributed by atoms with Crippen molar-refractivity contribution in [2.75, 3.05) is 0 Å². The maximum atomic E-state index is 12.7. The number of amides is 2. The quantitative estimate of drug-likeness (QED) is 0.804. The molecule has 6 heteroatoms. The minimum atomic E-state index is -0.394. The fourth-order valence-electron chi connectivity index (χ4n) is 3.61. The van der Waals surface area contributed by atoms with Crippen LogP contribution in [0.25, 0.3) is 0 Å². The number of nitriles is 1. The summed E-state index contributed by atoms with van der Waals surface area (Å²) in [6, 6.07) is 8.83. The van der Waals surface area contributed by atoms with Crippen LogP contribution in [0.3, 0.4) is 0 Å². The molecular weight excluding hydrogens is 350 g/mol. The van der Waals surface area contributed by atoms with Crippen LogP contribution in [-0.2, 0) is 16.0 Å². The molecule has 26 heavy (non-hydrogen) atoms. The maximum Gasteiger partial charge on any atom is 0.226 e. The van der Waals surface area contributed by atoms with E-state index in [0.717, 1.165) is 44.1 Å². The van der Waals surface area contributed by atoms with Gasteiger partial charge in [0.25, 0.3) is 0 Å². The lowest BCUT2D eigenvalue weighted by atomic mass is 9.83. The summed E-state index contributed by atoms with van der Waals surface area (Å²) >= 11 is 5.87. The number of hydrogen-bond acceptors (Lipinski definition) is 3. The van der Waals surface area contributed by atoms with Gasteiger partial charge in [-0.25, -0.2) is 0 Å². The van der Waals surface area contributed by atoms with E-state index in [9.17, 15) is 14.9 Å². The van der Waals surface area contributed by atoms with E-state index in [1.54, 1.807) is 12.1 Å². The zero-order valence-corrected chi connectivity index (χ0v) is 15.5. The van der Waals surface area contributed by atoms with Crippen LogP contribution in [0.1, 0.15) is 44.1 Å². The molecule has 3 atom stereocenters. The predicted molar refractivity (Wildman–Crippen MR) is 99.3 cm³/mol. The number of nitrogens with one attached hydrogen (secondary N) is 2. The largest absolute Gasteiger partial charge is 0.352 e. The maximum absolute atomic E-state index is 12.7. The summed E-state index contributed by atoms with van der Waals surface area (Å²) in [5.41, 5.74) is 0.891. The Labute approximate surface area is 159 Å². The first-order chi connectivity index (χ1) is 12.6. The normalized spacial score (nSPS) is 23.5. The van der Waals surface area contributed by atoms with Crippen LogP contribution in [0.5, 0.6) is 0 Å². The van der Waals surface area contributed by atoms with Crippen molar-refractivity contribution in [2.45, 2.75) is 57.0 Å². The van der Waals surface area contributed by atoms with Gasteiger partial charge in [0.1, 0.15) is 6.04 Å². The van der Waals surface area contributed by atoms with Crippen LogP contribution >= 0.6 is 11.6 Å². The molecule has 0 saturated heterocycles. The second-order valence-corrected chi connectivity index (χ2v) is 7.76. The average Bonchev–Trinajstić information content (AvgIpc) is 3.47. The molecule has 2 aliphatic carbocycles. The highest BCUT2D eigenvalue weighted by Gasteiger charge is 2.37. The molecule has 0 radical (unpaired) electrons. The van der Waals surface area contributed by atoms with Gasteiger partial charge in [0.05, 0.1) is 18.4 Å². The van der Waals surface area contributed by atoms with Crippen molar-refractivity contribution < 1.29 is 9.59 Å². The summed E-state index contributed by atoms with van der Waals surface area (Å²) in [6.07, 6.45) is 5.80. The molecular formula is C20H24ClN3O2. The van der Waals surface area contributed by atoms with Crippen LogP contribution in [-0.4, -0.2) is 23.9 Å². The molecule has 1 unspecified atom stereocenters. The zero-order valence-electron chi connectivity index (χ0n) is 14.7. The molecule has 2 aliphatic rings. The Hall–Kier alpha value is -2.06. The molecule has 2 amide bonds. The molecule has 2 fully saturated rings. The van der Waals surface area contributed by atoms with Crippen molar-refractivity contribution in [2.24, 2.45) is 11.8 Å². The molecule has 2 N–H and O–H groups in total. The summed E-state index contributed by atoms with van der Waals surface area (Å²) in [7, 11) is 0. The third-order valence-corrected chi connectivity index (χ3v) is 5.51. The number of nitrogens with zero attached hydrogens (tertiary/aromatic N) is 1. The van der Waals surface area contributed by atoms with Gasteiger partial charge in [0, 0.05) is 11.1 Å². The topological polar surface area (TPSA) is 82.0 Å². The molecule has 138 valence electrons. The van der Waals surface area contributed by atoms with Crippen LogP contribution in [0, 0.1) is 23.2 Å². The highest BCUT2D eigenvalue weighted by Crippen LogP contribution is 2.33. The summed E-state index contributed by atoms with van der Waals surface area (Å²) in [5, 5.41) is 15.8. The number of halogens is 1. The first kappa shape index (κ1) is 18.7. The van der Waals surface area contributed by atoms with Gasteiger partial charge in [-0.2, -0.15) is 5.26 Å². The van der Waals surface area contributed by atoms with E-state index in [1.165, 1.54) is 0 Å². The van der Waals surface area contributed by atoms with Gasteiger partial charge < -0.3 is 10.6 Å². The molecule has 3 rings (SSSR count). The van der Waals surface area contributed by atoms with Gasteiger partial charge in [-0.15, -0.1) is 0 Å². The highest BCUT2D eigenvalue weighted by atomic mass is 35.5. The molecule has 2 saturated carbocycles. The SMILES string of the molecule is N#CC(NC(=O)[C@@H]1CCCC[C@@H]1NC(=O)Cc1ccc(Cl)cc1)C1CC1. The molecule has 1 aromatic carbocycles. The number of hydrogen-bond donors (Lipinski definition) is 2. The Morgan fingerprint density at radius 2 is 1.85 bits per heavy atom. The third-order valence-electron chi connectivity index (χ3n) is 5.26. The minimum absolute atomic E-state index is 0.0870. The lowest BCUT2D eigenvalue weighted by molar-refractivity contribution is -0.128. The van der Waals surface area contributed by atoms with Crippen molar-refractivity contribution in [3.8, 4) is 6.07 Å². The molecule has 0 bridgehead atoms. The number of rotatable bonds is 6. The number of carbonyl (C=O) groups is 2. The molecule has 0 heterocycles. The van der Waals surface area contributed by atoms with E-state index in [1.807, 2.05) is 12.1 Å². The smallest absolute Gasteiger partial charge is 0.226 e. The second-order valence-electron chi connectivity index (χ2n) is 7.32. The monoisotopic (exact) mass is 373 g/mol. The van der Waals surface area contributed by atoms with E-state index >= 15 is 0 Å². The van der Waals surface area contributed by atoms with Gasteiger partial charge in [0.2, 0.25) is 11.8 Å². The molecule has 1 aromatic rings. The third kappa shape index (κ3) is 4.98. The standard InChI is InChI=1S/C20H24ClN3O2/c21-15-9-5-13(6-10-15)11-19(25)23-17-4-2-1-3-16(17)20(26)24-18(12-22)14-7-8-14/h5-6,9-10,14,16-18H,1-4,7-8,11H2,(H,23,25)(H,24,26)/t16-,17+,18?/m1/s1. The van der Waals surface area contributed by atoms with Crippen molar-refractivity contribution in [3.05, 3.63) is 34.9 Å². The summed E-state index contributed by atoms with van der Waals surface area (Å²) in [4.78, 5) is 25.1. The molecule has 0 spiro atoms. The van der Waals surface area contributed by atoms with Gasteiger partial charge in [-0.3, -0.25) is 9.59 Å². The fourth-order valence-corrected chi connectivity index (χ4v) is 3.73. The lowest BCUT2D eigenvalue weighted by Crippen LogP contribution is -2.50. The van der Waals surface area contributed by atoms with Gasteiger partial charge in [-0.1, -0.05) is 36.6 Å². The van der Waals surface area contributed by atoms with Gasteiger partial charge in [-0.05, 0) is 49.3 Å². The Bertz CT molecular complexity index is 694. The van der Waals surface area contributed by atoms with Crippen LogP contribution in [0.4, 0.5) is 0 Å². The Morgan fingerprint density at radius 1 is 1.15 bits per heavy atom.